The number of hydrogen-bond donors (Lipinski definition) is 5. The lowest BCUT2D eigenvalue weighted by atomic mass is 9.75. The van der Waals surface area contributed by atoms with Crippen LogP contribution in [0.2, 0.25) is 10.0 Å². The van der Waals surface area contributed by atoms with E-state index in [0.29, 0.717) is 12.0 Å². The maximum Gasteiger partial charge on any atom is 0.475 e. The molecule has 3 amide bonds. The van der Waals surface area contributed by atoms with Gasteiger partial charge in [-0.15, -0.1) is 0 Å². The van der Waals surface area contributed by atoms with Crippen molar-refractivity contribution in [1.29, 1.82) is 5.26 Å². The zero-order valence-corrected chi connectivity index (χ0v) is 26.7. The Kier molecular flexibility index (Phi) is 12.8. The summed E-state index contributed by atoms with van der Waals surface area (Å²) in [5.74, 6) is -2.80. The van der Waals surface area contributed by atoms with Gasteiger partial charge in [-0.1, -0.05) is 77.8 Å². The molecule has 3 rings (SSSR count). The number of nitrogens with one attached hydrogen (secondary N) is 3. The standard InChI is InChI=1S/C33H35BCl2N4O5/c1-33(2,3)40-30(41)24(20-37)17-23-11-7-10-22(16-23)12-15-28(38-31(42)26-19-25(35)13-14-27(26)36)32(43)39-29(34(44)45)18-21-8-5-4-6-9-21/h4-11,13-14,16-17,19,28-29,44-45H,12,15,18H2,1-3H3,(H,38,42)(H,39,43)(H,40,41)/t28-,29-/m0/s1. The summed E-state index contributed by atoms with van der Waals surface area (Å²) < 4.78 is 0. The molecule has 0 heterocycles. The van der Waals surface area contributed by atoms with Crippen LogP contribution in [0.1, 0.15) is 54.2 Å². The average molecular weight is 649 g/mol. The first-order valence-corrected chi connectivity index (χ1v) is 15.0. The smallest absolute Gasteiger partial charge is 0.426 e. The molecule has 0 aliphatic heterocycles. The number of halogens is 2. The fourth-order valence-electron chi connectivity index (χ4n) is 4.43. The highest BCUT2D eigenvalue weighted by Crippen LogP contribution is 2.21. The molecule has 234 valence electrons. The molecule has 5 N–H and O–H groups in total. The monoisotopic (exact) mass is 648 g/mol. The summed E-state index contributed by atoms with van der Waals surface area (Å²) in [6.45, 7) is 5.45. The maximum absolute atomic E-state index is 13.5. The number of nitrogens with zero attached hydrogens (tertiary/aromatic N) is 1. The Balaban J connectivity index is 1.84. The summed E-state index contributed by atoms with van der Waals surface area (Å²) in [6.07, 6.45) is 2.06. The molecular formula is C33H35BCl2N4O5. The number of hydrogen-bond acceptors (Lipinski definition) is 6. The molecule has 3 aromatic carbocycles. The predicted octanol–water partition coefficient (Wildman–Crippen LogP) is 4.29. The molecule has 0 bridgehead atoms. The fourth-order valence-corrected chi connectivity index (χ4v) is 4.81. The Morgan fingerprint density at radius 1 is 0.956 bits per heavy atom. The van der Waals surface area contributed by atoms with E-state index in [4.69, 9.17) is 23.2 Å². The van der Waals surface area contributed by atoms with Crippen LogP contribution >= 0.6 is 23.2 Å². The van der Waals surface area contributed by atoms with E-state index in [0.717, 1.165) is 11.1 Å². The SMILES string of the molecule is CC(C)(C)NC(=O)C(C#N)=Cc1cccc(CC[C@H](NC(=O)c2cc(Cl)ccc2Cl)C(=O)N[C@@H](Cc2ccccc2)B(O)O)c1. The lowest BCUT2D eigenvalue weighted by Crippen LogP contribution is -2.54. The molecule has 0 aliphatic rings. The van der Waals surface area contributed by atoms with Gasteiger partial charge in [0.2, 0.25) is 5.91 Å². The van der Waals surface area contributed by atoms with Crippen molar-refractivity contribution in [3.05, 3.63) is 111 Å². The van der Waals surface area contributed by atoms with Gasteiger partial charge >= 0.3 is 7.12 Å². The van der Waals surface area contributed by atoms with Crippen molar-refractivity contribution in [2.75, 3.05) is 0 Å². The van der Waals surface area contributed by atoms with Crippen LogP contribution in [0.25, 0.3) is 6.08 Å². The van der Waals surface area contributed by atoms with Crippen LogP contribution in [0.5, 0.6) is 0 Å². The first kappa shape index (κ1) is 35.3. The Morgan fingerprint density at radius 3 is 2.29 bits per heavy atom. The van der Waals surface area contributed by atoms with Crippen LogP contribution in [0, 0.1) is 11.3 Å². The summed E-state index contributed by atoms with van der Waals surface area (Å²) in [7, 11) is -1.86. The van der Waals surface area contributed by atoms with Crippen molar-refractivity contribution in [3.8, 4) is 6.07 Å². The summed E-state index contributed by atoms with van der Waals surface area (Å²) in [6, 6.07) is 21.4. The van der Waals surface area contributed by atoms with Gasteiger partial charge in [-0.3, -0.25) is 14.4 Å². The number of benzene rings is 3. The van der Waals surface area contributed by atoms with E-state index in [2.05, 4.69) is 16.0 Å². The quantitative estimate of drug-likeness (QED) is 0.112. The zero-order chi connectivity index (χ0) is 33.1. The van der Waals surface area contributed by atoms with E-state index in [1.807, 2.05) is 39.0 Å². The summed E-state index contributed by atoms with van der Waals surface area (Å²) in [5.41, 5.74) is 1.66. The molecule has 3 aromatic rings. The molecule has 0 aliphatic carbocycles. The van der Waals surface area contributed by atoms with E-state index in [-0.39, 0.29) is 34.0 Å². The van der Waals surface area contributed by atoms with Gasteiger partial charge in [0.15, 0.2) is 0 Å². The van der Waals surface area contributed by atoms with Gasteiger partial charge in [-0.05, 0) is 81.0 Å². The minimum atomic E-state index is -1.86. The van der Waals surface area contributed by atoms with Crippen LogP contribution in [0.3, 0.4) is 0 Å². The van der Waals surface area contributed by atoms with Gasteiger partial charge in [-0.2, -0.15) is 5.26 Å². The lowest BCUT2D eigenvalue weighted by Gasteiger charge is -2.23. The Bertz CT molecular complexity index is 1590. The van der Waals surface area contributed by atoms with Gasteiger partial charge in [0, 0.05) is 10.6 Å². The van der Waals surface area contributed by atoms with Crippen LogP contribution in [-0.4, -0.2) is 52.4 Å². The van der Waals surface area contributed by atoms with E-state index < -0.39 is 42.4 Å². The number of carbonyl (C=O) groups is 3. The molecule has 0 aromatic heterocycles. The normalized spacial score (nSPS) is 12.8. The lowest BCUT2D eigenvalue weighted by molar-refractivity contribution is -0.123. The zero-order valence-electron chi connectivity index (χ0n) is 25.2. The van der Waals surface area contributed by atoms with Crippen LogP contribution in [0.15, 0.2) is 78.4 Å². The van der Waals surface area contributed by atoms with E-state index in [9.17, 15) is 29.7 Å². The minimum absolute atomic E-state index is 0.0583. The van der Waals surface area contributed by atoms with Crippen LogP contribution < -0.4 is 16.0 Å². The van der Waals surface area contributed by atoms with Crippen LogP contribution in [0.4, 0.5) is 0 Å². The Morgan fingerprint density at radius 2 is 1.64 bits per heavy atom. The highest BCUT2D eigenvalue weighted by molar-refractivity contribution is 6.43. The van der Waals surface area contributed by atoms with Crippen LogP contribution in [-0.2, 0) is 22.4 Å². The van der Waals surface area contributed by atoms with Crippen molar-refractivity contribution in [3.63, 3.8) is 0 Å². The fraction of sp³-hybridized carbons (Fsp3) is 0.273. The molecule has 9 nitrogen and oxygen atoms in total. The number of rotatable bonds is 12. The maximum atomic E-state index is 13.5. The van der Waals surface area contributed by atoms with Gasteiger partial charge in [0.05, 0.1) is 16.5 Å². The third-order valence-electron chi connectivity index (χ3n) is 6.62. The van der Waals surface area contributed by atoms with Crippen molar-refractivity contribution < 1.29 is 24.4 Å². The summed E-state index contributed by atoms with van der Waals surface area (Å²) in [4.78, 5) is 39.3. The largest absolute Gasteiger partial charge is 0.475 e. The third-order valence-corrected chi connectivity index (χ3v) is 7.18. The topological polar surface area (TPSA) is 152 Å². The second-order valence-electron chi connectivity index (χ2n) is 11.5. The molecular weight excluding hydrogens is 614 g/mol. The molecule has 0 unspecified atom stereocenters. The van der Waals surface area contributed by atoms with E-state index in [1.165, 1.54) is 24.3 Å². The van der Waals surface area contributed by atoms with Crippen molar-refractivity contribution in [2.24, 2.45) is 0 Å². The number of amides is 3. The first-order valence-electron chi connectivity index (χ1n) is 14.3. The Labute approximate surface area is 273 Å². The van der Waals surface area contributed by atoms with Crippen molar-refractivity contribution in [1.82, 2.24) is 16.0 Å². The molecule has 0 spiro atoms. The molecule has 12 heteroatoms. The predicted molar refractivity (Wildman–Crippen MR) is 176 cm³/mol. The molecule has 0 saturated heterocycles. The highest BCUT2D eigenvalue weighted by Gasteiger charge is 2.30. The van der Waals surface area contributed by atoms with Crippen molar-refractivity contribution >= 4 is 54.1 Å². The summed E-state index contributed by atoms with van der Waals surface area (Å²) in [5, 5.41) is 38.2. The first-order chi connectivity index (χ1) is 21.3. The second-order valence-corrected chi connectivity index (χ2v) is 12.4. The number of aryl methyl sites for hydroxylation is 1. The minimum Gasteiger partial charge on any atom is -0.426 e. The van der Waals surface area contributed by atoms with Gasteiger partial charge < -0.3 is 26.0 Å². The van der Waals surface area contributed by atoms with Crippen molar-refractivity contribution in [2.45, 2.75) is 57.6 Å². The Hall–Kier alpha value is -4.14. The number of nitriles is 1. The molecule has 0 fully saturated rings. The average Bonchev–Trinajstić information content (AvgIpc) is 2.98. The molecule has 45 heavy (non-hydrogen) atoms. The molecule has 2 atom stereocenters. The van der Waals surface area contributed by atoms with Gasteiger partial charge in [0.25, 0.3) is 11.8 Å². The van der Waals surface area contributed by atoms with E-state index >= 15 is 0 Å². The third kappa shape index (κ3) is 11.4. The highest BCUT2D eigenvalue weighted by atomic mass is 35.5. The van der Waals surface area contributed by atoms with Gasteiger partial charge in [-0.25, -0.2) is 0 Å². The second kappa shape index (κ2) is 16.3. The van der Waals surface area contributed by atoms with E-state index in [1.54, 1.807) is 42.5 Å². The molecule has 0 radical (unpaired) electrons. The number of carbonyl (C=O) groups excluding carboxylic acids is 3. The molecule has 0 saturated carbocycles. The summed E-state index contributed by atoms with van der Waals surface area (Å²) >= 11 is 12.3. The van der Waals surface area contributed by atoms with Gasteiger partial charge in [0.1, 0.15) is 17.7 Å².